The Morgan fingerprint density at radius 2 is 1.76 bits per heavy atom. The lowest BCUT2D eigenvalue weighted by atomic mass is 9.97. The Hall–Kier alpha value is -3.01. The lowest BCUT2D eigenvalue weighted by molar-refractivity contribution is -0.124. The Bertz CT molecular complexity index is 1110. The van der Waals surface area contributed by atoms with E-state index in [9.17, 15) is 10.1 Å². The maximum absolute atomic E-state index is 13.2. The normalized spacial score (nSPS) is 16.1. The maximum Gasteiger partial charge on any atom is 0.238 e. The Kier molecular flexibility index (Phi) is 6.92. The second-order valence-corrected chi connectivity index (χ2v) is 10.2. The van der Waals surface area contributed by atoms with Crippen molar-refractivity contribution in [1.29, 1.82) is 5.26 Å². The van der Waals surface area contributed by atoms with Gasteiger partial charge in [0.25, 0.3) is 0 Å². The van der Waals surface area contributed by atoms with Gasteiger partial charge < -0.3 is 5.32 Å². The van der Waals surface area contributed by atoms with Gasteiger partial charge >= 0.3 is 0 Å². The molecule has 3 aromatic rings. The molecule has 6 heteroatoms. The molecule has 0 bridgehead atoms. The highest BCUT2D eigenvalue weighted by Crippen LogP contribution is 2.35. The lowest BCUT2D eigenvalue weighted by Crippen LogP contribution is -2.50. The van der Waals surface area contributed by atoms with Crippen molar-refractivity contribution in [2.45, 2.75) is 57.7 Å². The molecular weight excluding hydrogens is 428 g/mol. The molecule has 1 heterocycles. The number of nitriles is 1. The number of thiazole rings is 1. The van der Waals surface area contributed by atoms with E-state index < -0.39 is 11.6 Å². The molecule has 1 fully saturated rings. The fourth-order valence-electron chi connectivity index (χ4n) is 3.94. The third-order valence-corrected chi connectivity index (χ3v) is 6.89. The number of aryl methyl sites for hydroxylation is 1. The first-order chi connectivity index (χ1) is 15.9. The minimum atomic E-state index is -0.680. The van der Waals surface area contributed by atoms with E-state index in [0.717, 1.165) is 29.0 Å². The van der Waals surface area contributed by atoms with Crippen molar-refractivity contribution in [3.05, 3.63) is 76.2 Å². The largest absolute Gasteiger partial charge is 0.336 e. The highest BCUT2D eigenvalue weighted by Gasteiger charge is 2.45. The molecule has 1 amide bonds. The predicted octanol–water partition coefficient (Wildman–Crippen LogP) is 5.38. The van der Waals surface area contributed by atoms with Crippen molar-refractivity contribution in [3.63, 3.8) is 0 Å². The van der Waals surface area contributed by atoms with Gasteiger partial charge in [-0.15, -0.1) is 11.3 Å². The van der Waals surface area contributed by atoms with Gasteiger partial charge in [0, 0.05) is 11.6 Å². The van der Waals surface area contributed by atoms with E-state index in [2.05, 4.69) is 91.0 Å². The van der Waals surface area contributed by atoms with Crippen LogP contribution in [-0.2, 0) is 4.79 Å². The molecule has 1 saturated carbocycles. The summed E-state index contributed by atoms with van der Waals surface area (Å²) in [6, 6.07) is 18.6. The molecule has 2 atom stereocenters. The van der Waals surface area contributed by atoms with E-state index in [-0.39, 0.29) is 11.9 Å². The molecule has 0 saturated heterocycles. The van der Waals surface area contributed by atoms with Crippen molar-refractivity contribution in [3.8, 4) is 17.2 Å². The van der Waals surface area contributed by atoms with Gasteiger partial charge in [0.1, 0.15) is 10.5 Å². The highest BCUT2D eigenvalue weighted by molar-refractivity contribution is 7.09. The van der Waals surface area contributed by atoms with E-state index in [4.69, 9.17) is 0 Å². The van der Waals surface area contributed by atoms with Crippen LogP contribution in [0.1, 0.15) is 55.3 Å². The van der Waals surface area contributed by atoms with Crippen molar-refractivity contribution in [2.24, 2.45) is 5.92 Å². The van der Waals surface area contributed by atoms with E-state index in [1.165, 1.54) is 11.1 Å². The Labute approximate surface area is 199 Å². The third-order valence-electron chi connectivity index (χ3n) is 6.05. The van der Waals surface area contributed by atoms with Gasteiger partial charge in [0.05, 0.1) is 18.2 Å². The van der Waals surface area contributed by atoms with Crippen LogP contribution in [-0.4, -0.2) is 22.5 Å². The molecule has 2 aromatic carbocycles. The number of amides is 1. The zero-order valence-electron chi connectivity index (χ0n) is 19.3. The summed E-state index contributed by atoms with van der Waals surface area (Å²) < 4.78 is 0. The second-order valence-electron chi connectivity index (χ2n) is 9.32. The first-order valence-corrected chi connectivity index (χ1v) is 12.3. The van der Waals surface area contributed by atoms with Crippen molar-refractivity contribution in [1.82, 2.24) is 15.6 Å². The fraction of sp³-hybridized carbons (Fsp3) is 0.370. The van der Waals surface area contributed by atoms with E-state index in [0.29, 0.717) is 12.3 Å². The summed E-state index contributed by atoms with van der Waals surface area (Å²) in [4.78, 5) is 17.7. The summed E-state index contributed by atoms with van der Waals surface area (Å²) >= 11 is 1.57. The van der Waals surface area contributed by atoms with Crippen LogP contribution in [0.4, 0.5) is 0 Å². The summed E-state index contributed by atoms with van der Waals surface area (Å²) in [7, 11) is 0. The molecule has 33 heavy (non-hydrogen) atoms. The number of hydrogen-bond donors (Lipinski definition) is 2. The van der Waals surface area contributed by atoms with Gasteiger partial charge in [0.15, 0.2) is 0 Å². The molecule has 1 aromatic heterocycles. The first kappa shape index (κ1) is 23.2. The second kappa shape index (κ2) is 9.86. The topological polar surface area (TPSA) is 77.8 Å². The number of aromatic nitrogens is 1. The number of nitrogens with one attached hydrogen (secondary N) is 2. The molecule has 170 valence electrons. The van der Waals surface area contributed by atoms with Crippen LogP contribution in [0.5, 0.6) is 0 Å². The number of carbonyl (C=O) groups excluding carboxylic acids is 1. The van der Waals surface area contributed by atoms with Crippen LogP contribution < -0.4 is 10.6 Å². The van der Waals surface area contributed by atoms with Crippen LogP contribution >= 0.6 is 11.3 Å². The molecule has 0 radical (unpaired) electrons. The molecular formula is C27H30N4OS. The summed E-state index contributed by atoms with van der Waals surface area (Å²) in [5.74, 6) is 0.215. The summed E-state index contributed by atoms with van der Waals surface area (Å²) in [6.07, 6.45) is 3.92. The van der Waals surface area contributed by atoms with Crippen molar-refractivity contribution < 1.29 is 4.79 Å². The van der Waals surface area contributed by atoms with Crippen LogP contribution in [0.25, 0.3) is 11.1 Å². The number of rotatable bonds is 9. The minimum absolute atomic E-state index is 0.111. The van der Waals surface area contributed by atoms with Crippen LogP contribution in [0.2, 0.25) is 0 Å². The maximum atomic E-state index is 13.2. The lowest BCUT2D eigenvalue weighted by Gasteiger charge is -2.26. The SMILES string of the molecule is Cc1ccc(-c2ccc([C@H](N[C@@H](CC(C)C)C(=O)NC3(C#N)CC3)c3nccs3)cc2)cc1. The highest BCUT2D eigenvalue weighted by atomic mass is 32.1. The third kappa shape index (κ3) is 5.68. The van der Waals surface area contributed by atoms with Crippen molar-refractivity contribution in [2.75, 3.05) is 0 Å². The zero-order valence-corrected chi connectivity index (χ0v) is 20.2. The first-order valence-electron chi connectivity index (χ1n) is 11.4. The molecule has 2 N–H and O–H groups in total. The van der Waals surface area contributed by atoms with Crippen molar-refractivity contribution >= 4 is 17.2 Å². The molecule has 0 spiro atoms. The van der Waals surface area contributed by atoms with Gasteiger partial charge in [-0.3, -0.25) is 10.1 Å². The predicted molar refractivity (Wildman–Crippen MR) is 133 cm³/mol. The average molecular weight is 459 g/mol. The Morgan fingerprint density at radius 1 is 1.12 bits per heavy atom. The molecule has 1 aliphatic rings. The summed E-state index contributed by atoms with van der Waals surface area (Å²) in [5.41, 5.74) is 3.94. The smallest absolute Gasteiger partial charge is 0.238 e. The number of carbonyl (C=O) groups is 1. The average Bonchev–Trinajstić information content (AvgIpc) is 3.37. The van der Waals surface area contributed by atoms with E-state index >= 15 is 0 Å². The quantitative estimate of drug-likeness (QED) is 0.451. The van der Waals surface area contributed by atoms with Crippen LogP contribution in [0.3, 0.4) is 0 Å². The molecule has 0 unspecified atom stereocenters. The number of nitrogens with zero attached hydrogens (tertiary/aromatic N) is 2. The van der Waals surface area contributed by atoms with Gasteiger partial charge in [-0.2, -0.15) is 5.26 Å². The van der Waals surface area contributed by atoms with Gasteiger partial charge in [-0.25, -0.2) is 4.98 Å². The monoisotopic (exact) mass is 458 g/mol. The fourth-order valence-corrected chi connectivity index (χ4v) is 4.66. The Balaban J connectivity index is 1.59. The van der Waals surface area contributed by atoms with Gasteiger partial charge in [-0.1, -0.05) is 67.9 Å². The molecule has 4 rings (SSSR count). The number of benzene rings is 2. The summed E-state index contributed by atoms with van der Waals surface area (Å²) in [6.45, 7) is 6.30. The van der Waals surface area contributed by atoms with Crippen LogP contribution in [0.15, 0.2) is 60.1 Å². The standard InChI is InChI=1S/C27H30N4OS/c1-18(2)16-23(25(32)31-27(17-28)12-13-27)30-24(26-29-14-15-33-26)22-10-8-21(9-11-22)20-6-4-19(3)5-7-20/h4-11,14-15,18,23-24,30H,12-13,16H2,1-3H3,(H,31,32)/t23-,24-/m0/s1. The number of hydrogen-bond acceptors (Lipinski definition) is 5. The van der Waals surface area contributed by atoms with E-state index in [1.54, 1.807) is 17.5 Å². The Morgan fingerprint density at radius 3 is 2.27 bits per heavy atom. The molecule has 1 aliphatic carbocycles. The van der Waals surface area contributed by atoms with Gasteiger partial charge in [0.2, 0.25) is 5.91 Å². The molecule has 0 aliphatic heterocycles. The van der Waals surface area contributed by atoms with E-state index in [1.807, 2.05) is 5.38 Å². The molecule has 5 nitrogen and oxygen atoms in total. The van der Waals surface area contributed by atoms with Crippen LogP contribution in [0, 0.1) is 24.2 Å². The zero-order chi connectivity index (χ0) is 23.4. The summed E-state index contributed by atoms with van der Waals surface area (Å²) in [5, 5.41) is 18.8. The minimum Gasteiger partial charge on any atom is -0.336 e. The van der Waals surface area contributed by atoms with Gasteiger partial charge in [-0.05, 0) is 48.8 Å².